The SMILES string of the molecule is Cl.Cl.Cn1ccnc1-c1cccc(NC(=O)CNCC2CC2)c1. The van der Waals surface area contributed by atoms with Crippen molar-refractivity contribution in [2.45, 2.75) is 12.8 Å². The van der Waals surface area contributed by atoms with Crippen LogP contribution in [-0.2, 0) is 11.8 Å². The van der Waals surface area contributed by atoms with Crippen LogP contribution in [0.25, 0.3) is 11.4 Å². The third-order valence-corrected chi connectivity index (χ3v) is 3.64. The first-order valence-electron chi connectivity index (χ1n) is 7.31. The van der Waals surface area contributed by atoms with Gasteiger partial charge in [-0.05, 0) is 37.4 Å². The maximum absolute atomic E-state index is 11.9. The van der Waals surface area contributed by atoms with Crippen LogP contribution in [0.4, 0.5) is 5.69 Å². The monoisotopic (exact) mass is 356 g/mol. The van der Waals surface area contributed by atoms with Gasteiger partial charge in [-0.2, -0.15) is 0 Å². The molecule has 1 heterocycles. The molecule has 7 heteroatoms. The van der Waals surface area contributed by atoms with Crippen LogP contribution in [0.3, 0.4) is 0 Å². The van der Waals surface area contributed by atoms with Crippen molar-refractivity contribution >= 4 is 36.4 Å². The van der Waals surface area contributed by atoms with Gasteiger partial charge in [0.2, 0.25) is 5.91 Å². The van der Waals surface area contributed by atoms with E-state index in [1.807, 2.05) is 42.1 Å². The van der Waals surface area contributed by atoms with E-state index in [2.05, 4.69) is 15.6 Å². The molecule has 2 aromatic rings. The Morgan fingerprint density at radius 2 is 2.13 bits per heavy atom. The molecule has 0 atom stereocenters. The van der Waals surface area contributed by atoms with Crippen LogP contribution in [-0.4, -0.2) is 28.5 Å². The Kier molecular flexibility index (Phi) is 7.55. The molecular weight excluding hydrogens is 335 g/mol. The normalized spacial score (nSPS) is 12.9. The molecule has 1 amide bonds. The number of hydrogen-bond donors (Lipinski definition) is 2. The van der Waals surface area contributed by atoms with Crippen LogP contribution in [0, 0.1) is 5.92 Å². The second-order valence-electron chi connectivity index (χ2n) is 5.57. The highest BCUT2D eigenvalue weighted by Gasteiger charge is 2.20. The zero-order valence-electron chi connectivity index (χ0n) is 13.0. The number of benzene rings is 1. The van der Waals surface area contributed by atoms with Crippen LogP contribution in [0.5, 0.6) is 0 Å². The first-order chi connectivity index (χ1) is 10.2. The van der Waals surface area contributed by atoms with E-state index in [9.17, 15) is 4.79 Å². The molecule has 0 aliphatic heterocycles. The molecule has 1 aromatic carbocycles. The van der Waals surface area contributed by atoms with Crippen LogP contribution >= 0.6 is 24.8 Å². The number of halogens is 2. The Balaban J connectivity index is 0.00000132. The first-order valence-corrected chi connectivity index (χ1v) is 7.31. The van der Waals surface area contributed by atoms with E-state index in [4.69, 9.17) is 0 Å². The molecule has 2 N–H and O–H groups in total. The topological polar surface area (TPSA) is 59.0 Å². The highest BCUT2D eigenvalue weighted by molar-refractivity contribution is 5.92. The summed E-state index contributed by atoms with van der Waals surface area (Å²) in [4.78, 5) is 16.2. The van der Waals surface area contributed by atoms with E-state index in [1.165, 1.54) is 12.8 Å². The number of carbonyl (C=O) groups is 1. The van der Waals surface area contributed by atoms with Crippen LogP contribution < -0.4 is 10.6 Å². The lowest BCUT2D eigenvalue weighted by Gasteiger charge is -2.08. The number of carbonyl (C=O) groups excluding carboxylic acids is 1. The molecule has 1 fully saturated rings. The van der Waals surface area contributed by atoms with Gasteiger partial charge >= 0.3 is 0 Å². The van der Waals surface area contributed by atoms with E-state index >= 15 is 0 Å². The maximum Gasteiger partial charge on any atom is 0.238 e. The Hall–Kier alpha value is -1.56. The summed E-state index contributed by atoms with van der Waals surface area (Å²) in [5.74, 6) is 1.66. The molecule has 23 heavy (non-hydrogen) atoms. The maximum atomic E-state index is 11.9. The predicted molar refractivity (Wildman–Crippen MR) is 97.4 cm³/mol. The molecule has 1 aromatic heterocycles. The number of aromatic nitrogens is 2. The van der Waals surface area contributed by atoms with Gasteiger partial charge in [-0.1, -0.05) is 12.1 Å². The Bertz CT molecular complexity index is 641. The quantitative estimate of drug-likeness (QED) is 0.836. The average molecular weight is 357 g/mol. The summed E-state index contributed by atoms with van der Waals surface area (Å²) in [6, 6.07) is 7.76. The average Bonchev–Trinajstić information content (AvgIpc) is 3.19. The summed E-state index contributed by atoms with van der Waals surface area (Å²) in [5, 5.41) is 6.11. The molecule has 1 aliphatic carbocycles. The van der Waals surface area contributed by atoms with Gasteiger partial charge < -0.3 is 15.2 Å². The molecule has 126 valence electrons. The van der Waals surface area contributed by atoms with Crippen molar-refractivity contribution in [1.29, 1.82) is 0 Å². The molecule has 0 bridgehead atoms. The Morgan fingerprint density at radius 3 is 2.78 bits per heavy atom. The second-order valence-corrected chi connectivity index (χ2v) is 5.57. The minimum Gasteiger partial charge on any atom is -0.334 e. The molecule has 0 unspecified atom stereocenters. The van der Waals surface area contributed by atoms with Crippen LogP contribution in [0.1, 0.15) is 12.8 Å². The standard InChI is InChI=1S/C16H20N4O.2ClH/c1-20-8-7-18-16(20)13-3-2-4-14(9-13)19-15(21)11-17-10-12-5-6-12;;/h2-4,7-9,12,17H,5-6,10-11H2,1H3,(H,19,21);2*1H. The predicted octanol–water partition coefficient (Wildman–Crippen LogP) is 2.87. The summed E-state index contributed by atoms with van der Waals surface area (Å²) < 4.78 is 1.96. The summed E-state index contributed by atoms with van der Waals surface area (Å²) in [7, 11) is 1.95. The second kappa shape index (κ2) is 8.91. The van der Waals surface area contributed by atoms with E-state index in [0.29, 0.717) is 6.54 Å². The number of anilines is 1. The number of nitrogens with one attached hydrogen (secondary N) is 2. The zero-order valence-corrected chi connectivity index (χ0v) is 14.6. The summed E-state index contributed by atoms with van der Waals surface area (Å²) >= 11 is 0. The van der Waals surface area contributed by atoms with Gasteiger partial charge in [-0.3, -0.25) is 4.79 Å². The van der Waals surface area contributed by atoms with Crippen molar-refractivity contribution in [1.82, 2.24) is 14.9 Å². The van der Waals surface area contributed by atoms with Crippen molar-refractivity contribution in [3.05, 3.63) is 36.7 Å². The number of amides is 1. The van der Waals surface area contributed by atoms with Crippen molar-refractivity contribution in [2.75, 3.05) is 18.4 Å². The van der Waals surface area contributed by atoms with E-state index < -0.39 is 0 Å². The molecule has 0 spiro atoms. The fourth-order valence-corrected chi connectivity index (χ4v) is 2.30. The Morgan fingerprint density at radius 1 is 1.35 bits per heavy atom. The van der Waals surface area contributed by atoms with Gasteiger partial charge in [0, 0.05) is 30.7 Å². The van der Waals surface area contributed by atoms with Crippen molar-refractivity contribution in [3.8, 4) is 11.4 Å². The van der Waals surface area contributed by atoms with E-state index in [-0.39, 0.29) is 30.7 Å². The molecule has 1 aliphatic rings. The number of rotatable bonds is 6. The highest BCUT2D eigenvalue weighted by atomic mass is 35.5. The van der Waals surface area contributed by atoms with Gasteiger partial charge in [0.15, 0.2) is 0 Å². The zero-order chi connectivity index (χ0) is 14.7. The van der Waals surface area contributed by atoms with Gasteiger partial charge in [0.1, 0.15) is 5.82 Å². The molecular formula is C16H22Cl2N4O. The van der Waals surface area contributed by atoms with Crippen molar-refractivity contribution < 1.29 is 4.79 Å². The molecule has 5 nitrogen and oxygen atoms in total. The molecule has 0 radical (unpaired) electrons. The Labute approximate surface area is 148 Å². The van der Waals surface area contributed by atoms with Gasteiger partial charge in [0.25, 0.3) is 0 Å². The largest absolute Gasteiger partial charge is 0.334 e. The van der Waals surface area contributed by atoms with E-state index in [0.717, 1.165) is 29.5 Å². The lowest BCUT2D eigenvalue weighted by Crippen LogP contribution is -2.29. The van der Waals surface area contributed by atoms with Gasteiger partial charge in [0.05, 0.1) is 6.54 Å². The van der Waals surface area contributed by atoms with Gasteiger partial charge in [-0.15, -0.1) is 24.8 Å². The number of aryl methyl sites for hydroxylation is 1. The van der Waals surface area contributed by atoms with Crippen LogP contribution in [0.15, 0.2) is 36.7 Å². The fourth-order valence-electron chi connectivity index (χ4n) is 2.30. The number of imidazole rings is 1. The third-order valence-electron chi connectivity index (χ3n) is 3.64. The number of nitrogens with zero attached hydrogens (tertiary/aromatic N) is 2. The minimum absolute atomic E-state index is 0. The van der Waals surface area contributed by atoms with Crippen molar-refractivity contribution in [2.24, 2.45) is 13.0 Å². The molecule has 3 rings (SSSR count). The first kappa shape index (κ1) is 19.5. The number of hydrogen-bond acceptors (Lipinski definition) is 3. The minimum atomic E-state index is -0.00681. The third kappa shape index (κ3) is 5.53. The van der Waals surface area contributed by atoms with Crippen LogP contribution in [0.2, 0.25) is 0 Å². The van der Waals surface area contributed by atoms with Gasteiger partial charge in [-0.25, -0.2) is 4.98 Å². The highest BCUT2D eigenvalue weighted by Crippen LogP contribution is 2.27. The lowest BCUT2D eigenvalue weighted by atomic mass is 10.2. The lowest BCUT2D eigenvalue weighted by molar-refractivity contribution is -0.115. The van der Waals surface area contributed by atoms with Crippen molar-refractivity contribution in [3.63, 3.8) is 0 Å². The fraction of sp³-hybridized carbons (Fsp3) is 0.375. The summed E-state index contributed by atoms with van der Waals surface area (Å²) in [6.07, 6.45) is 6.26. The summed E-state index contributed by atoms with van der Waals surface area (Å²) in [6.45, 7) is 1.31. The molecule has 0 saturated heterocycles. The molecule has 1 saturated carbocycles. The summed E-state index contributed by atoms with van der Waals surface area (Å²) in [5.41, 5.74) is 1.79. The van der Waals surface area contributed by atoms with E-state index in [1.54, 1.807) is 6.20 Å². The smallest absolute Gasteiger partial charge is 0.238 e.